The Labute approximate surface area is 144 Å². The molecule has 112 valence electrons. The molecule has 0 amide bonds. The van der Waals surface area contributed by atoms with Gasteiger partial charge in [-0.25, -0.2) is 0 Å². The van der Waals surface area contributed by atoms with E-state index < -0.39 is 0 Å². The number of methoxy groups -OCH3 is 1. The Morgan fingerprint density at radius 3 is 2.77 bits per heavy atom. The maximum absolute atomic E-state index is 12.3. The third-order valence-electron chi connectivity index (χ3n) is 3.39. The molecule has 2 aromatic carbocycles. The maximum atomic E-state index is 12.3. The Kier molecular flexibility index (Phi) is 4.01. The van der Waals surface area contributed by atoms with Gasteiger partial charge in [-0.2, -0.15) is 0 Å². The van der Waals surface area contributed by atoms with Crippen molar-refractivity contribution in [2.45, 2.75) is 0 Å². The smallest absolute Gasteiger partial charge is 0.260 e. The average molecular weight is 428 g/mol. The largest absolute Gasteiger partial charge is 0.506 e. The summed E-state index contributed by atoms with van der Waals surface area (Å²) in [6.45, 7) is 0. The molecule has 0 saturated heterocycles. The lowest BCUT2D eigenvalue weighted by molar-refractivity contribution is 0.415. The fraction of sp³-hybridized carbons (Fsp3) is 0.0625. The van der Waals surface area contributed by atoms with Crippen LogP contribution in [0.4, 0.5) is 0 Å². The second-order valence-electron chi connectivity index (χ2n) is 4.72. The average Bonchev–Trinajstić information content (AvgIpc) is 2.50. The van der Waals surface area contributed by atoms with Gasteiger partial charge in [-0.1, -0.05) is 23.7 Å². The van der Waals surface area contributed by atoms with Crippen molar-refractivity contribution in [2.75, 3.05) is 7.11 Å². The van der Waals surface area contributed by atoms with Crippen molar-refractivity contribution in [3.05, 3.63) is 55.3 Å². The Morgan fingerprint density at radius 1 is 1.27 bits per heavy atom. The van der Waals surface area contributed by atoms with Crippen molar-refractivity contribution in [1.82, 2.24) is 4.98 Å². The van der Waals surface area contributed by atoms with Gasteiger partial charge in [-0.3, -0.25) is 4.79 Å². The highest BCUT2D eigenvalue weighted by Crippen LogP contribution is 2.35. The minimum atomic E-state index is -0.379. The van der Waals surface area contributed by atoms with Crippen LogP contribution in [0.15, 0.2) is 41.2 Å². The summed E-state index contributed by atoms with van der Waals surface area (Å²) in [5.74, 6) is 0.545. The quantitative estimate of drug-likeness (QED) is 0.604. The molecule has 0 atom stereocenters. The summed E-state index contributed by atoms with van der Waals surface area (Å²) in [5, 5.41) is 11.6. The van der Waals surface area contributed by atoms with Crippen LogP contribution in [0.3, 0.4) is 0 Å². The van der Waals surface area contributed by atoms with E-state index in [4.69, 9.17) is 16.3 Å². The zero-order valence-electron chi connectivity index (χ0n) is 11.5. The van der Waals surface area contributed by atoms with Gasteiger partial charge in [-0.05, 0) is 52.4 Å². The van der Waals surface area contributed by atoms with Gasteiger partial charge in [0.2, 0.25) is 0 Å². The summed E-state index contributed by atoms with van der Waals surface area (Å²) < 4.78 is 5.96. The Hall–Kier alpha value is -1.73. The van der Waals surface area contributed by atoms with Gasteiger partial charge >= 0.3 is 0 Å². The SMILES string of the molecule is COc1cccc(-c2c(O)c3cc(I)c(Cl)cc3[nH]c2=O)c1. The number of halogens is 2. The van der Waals surface area contributed by atoms with Gasteiger partial charge in [0.25, 0.3) is 5.56 Å². The normalized spacial score (nSPS) is 10.9. The fourth-order valence-electron chi connectivity index (χ4n) is 2.32. The number of hydrogen-bond donors (Lipinski definition) is 2. The number of aromatic nitrogens is 1. The summed E-state index contributed by atoms with van der Waals surface area (Å²) in [4.78, 5) is 15.1. The van der Waals surface area contributed by atoms with E-state index in [9.17, 15) is 9.90 Å². The van der Waals surface area contributed by atoms with E-state index in [1.807, 2.05) is 0 Å². The molecule has 4 nitrogen and oxygen atoms in total. The van der Waals surface area contributed by atoms with Crippen molar-refractivity contribution in [2.24, 2.45) is 0 Å². The zero-order valence-corrected chi connectivity index (χ0v) is 14.4. The van der Waals surface area contributed by atoms with Crippen LogP contribution in [0.2, 0.25) is 5.02 Å². The topological polar surface area (TPSA) is 62.3 Å². The first kappa shape index (κ1) is 15.2. The van der Waals surface area contributed by atoms with E-state index in [-0.39, 0.29) is 16.9 Å². The molecule has 6 heteroatoms. The molecule has 2 N–H and O–H groups in total. The first-order chi connectivity index (χ1) is 10.5. The Morgan fingerprint density at radius 2 is 2.05 bits per heavy atom. The lowest BCUT2D eigenvalue weighted by atomic mass is 10.0. The molecule has 0 saturated carbocycles. The van der Waals surface area contributed by atoms with Gasteiger partial charge in [0.15, 0.2) is 0 Å². The molecule has 0 aliphatic heterocycles. The van der Waals surface area contributed by atoms with Crippen LogP contribution in [0.1, 0.15) is 0 Å². The van der Waals surface area contributed by atoms with Gasteiger partial charge in [0.1, 0.15) is 11.5 Å². The van der Waals surface area contributed by atoms with Crippen molar-refractivity contribution in [3.8, 4) is 22.6 Å². The maximum Gasteiger partial charge on any atom is 0.260 e. The van der Waals surface area contributed by atoms with Crippen LogP contribution >= 0.6 is 34.2 Å². The molecular weight excluding hydrogens is 417 g/mol. The number of nitrogens with one attached hydrogen (secondary N) is 1. The number of fused-ring (bicyclic) bond motifs is 1. The lowest BCUT2D eigenvalue weighted by Gasteiger charge is -2.10. The monoisotopic (exact) mass is 427 g/mol. The number of aromatic amines is 1. The van der Waals surface area contributed by atoms with Gasteiger partial charge in [0.05, 0.1) is 23.2 Å². The number of aromatic hydroxyl groups is 1. The second kappa shape index (κ2) is 5.81. The van der Waals surface area contributed by atoms with Crippen molar-refractivity contribution in [1.29, 1.82) is 0 Å². The van der Waals surface area contributed by atoms with Crippen LogP contribution in [-0.2, 0) is 0 Å². The fourth-order valence-corrected chi connectivity index (χ4v) is 2.95. The molecule has 1 heterocycles. The number of benzene rings is 2. The van der Waals surface area contributed by atoms with Crippen LogP contribution in [-0.4, -0.2) is 17.2 Å². The van der Waals surface area contributed by atoms with Crippen LogP contribution in [0.5, 0.6) is 11.5 Å². The van der Waals surface area contributed by atoms with E-state index in [1.165, 1.54) is 0 Å². The molecule has 0 spiro atoms. The summed E-state index contributed by atoms with van der Waals surface area (Å²) in [6, 6.07) is 10.4. The summed E-state index contributed by atoms with van der Waals surface area (Å²) in [5.41, 5.74) is 0.921. The first-order valence-electron chi connectivity index (χ1n) is 6.39. The number of H-pyrrole nitrogens is 1. The molecule has 3 rings (SSSR count). The van der Waals surface area contributed by atoms with E-state index in [0.717, 1.165) is 3.57 Å². The van der Waals surface area contributed by atoms with Crippen LogP contribution in [0.25, 0.3) is 22.0 Å². The number of hydrogen-bond acceptors (Lipinski definition) is 3. The summed E-state index contributed by atoms with van der Waals surface area (Å²) in [6.07, 6.45) is 0. The number of ether oxygens (including phenoxy) is 1. The zero-order chi connectivity index (χ0) is 15.9. The molecular formula is C16H11ClINO3. The van der Waals surface area contributed by atoms with Crippen molar-refractivity contribution < 1.29 is 9.84 Å². The third-order valence-corrected chi connectivity index (χ3v) is 4.91. The Bertz CT molecular complexity index is 937. The predicted molar refractivity (Wildman–Crippen MR) is 95.9 cm³/mol. The van der Waals surface area contributed by atoms with Crippen molar-refractivity contribution in [3.63, 3.8) is 0 Å². The molecule has 22 heavy (non-hydrogen) atoms. The third kappa shape index (κ3) is 2.55. The standard InChI is InChI=1S/C16H11ClINO3/c1-22-9-4-2-3-8(5-9)14-15(20)10-6-12(18)11(17)7-13(10)19-16(14)21/h2-7H,1H3,(H2,19,20,21). The van der Waals surface area contributed by atoms with Crippen LogP contribution < -0.4 is 10.3 Å². The van der Waals surface area contributed by atoms with Crippen molar-refractivity contribution >= 4 is 45.1 Å². The van der Waals surface area contributed by atoms with E-state index in [0.29, 0.717) is 27.2 Å². The van der Waals surface area contributed by atoms with E-state index in [1.54, 1.807) is 43.5 Å². The predicted octanol–water partition coefficient (Wildman–Crippen LogP) is 4.17. The van der Waals surface area contributed by atoms with Gasteiger partial charge in [0, 0.05) is 8.96 Å². The van der Waals surface area contributed by atoms with E-state index in [2.05, 4.69) is 27.6 Å². The molecule has 0 unspecified atom stereocenters. The second-order valence-corrected chi connectivity index (χ2v) is 6.29. The highest BCUT2D eigenvalue weighted by atomic mass is 127. The molecule has 1 aromatic heterocycles. The van der Waals surface area contributed by atoms with Gasteiger partial charge < -0.3 is 14.8 Å². The Balaban J connectivity index is 2.34. The minimum absolute atomic E-state index is 0.0680. The number of rotatable bonds is 2. The first-order valence-corrected chi connectivity index (χ1v) is 7.85. The molecule has 3 aromatic rings. The molecule has 0 fully saturated rings. The van der Waals surface area contributed by atoms with E-state index >= 15 is 0 Å². The molecule has 0 radical (unpaired) electrons. The summed E-state index contributed by atoms with van der Waals surface area (Å²) >= 11 is 8.14. The lowest BCUT2D eigenvalue weighted by Crippen LogP contribution is -2.09. The minimum Gasteiger partial charge on any atom is -0.506 e. The number of pyridine rings is 1. The van der Waals surface area contributed by atoms with Gasteiger partial charge in [-0.15, -0.1) is 0 Å². The summed E-state index contributed by atoms with van der Waals surface area (Å²) in [7, 11) is 1.55. The highest BCUT2D eigenvalue weighted by Gasteiger charge is 2.15. The molecule has 0 aliphatic rings. The van der Waals surface area contributed by atoms with Crippen LogP contribution in [0, 0.1) is 3.57 Å². The highest BCUT2D eigenvalue weighted by molar-refractivity contribution is 14.1. The molecule has 0 aliphatic carbocycles. The molecule has 0 bridgehead atoms.